The summed E-state index contributed by atoms with van der Waals surface area (Å²) in [5.41, 5.74) is 5.92. The fourth-order valence-electron chi connectivity index (χ4n) is 1.83. The number of carbonyl (C=O) groups is 1. The second-order valence-corrected chi connectivity index (χ2v) is 6.18. The van der Waals surface area contributed by atoms with Gasteiger partial charge in [0.25, 0.3) is 0 Å². The van der Waals surface area contributed by atoms with Crippen molar-refractivity contribution in [1.82, 2.24) is 10.2 Å². The molecule has 0 heterocycles. The molecule has 1 rings (SSSR count). The summed E-state index contributed by atoms with van der Waals surface area (Å²) in [5, 5.41) is 2.89. The molecule has 1 aromatic carbocycles. The van der Waals surface area contributed by atoms with Gasteiger partial charge in [-0.1, -0.05) is 28.1 Å². The van der Waals surface area contributed by atoms with Gasteiger partial charge in [0.05, 0.1) is 6.61 Å². The average molecular weight is 431 g/mol. The van der Waals surface area contributed by atoms with Crippen LogP contribution in [0.4, 0.5) is 0 Å². The summed E-state index contributed by atoms with van der Waals surface area (Å²) in [6.45, 7) is 4.55. The molecule has 0 spiro atoms. The fourth-order valence-corrected chi connectivity index (χ4v) is 2.09. The third-order valence-electron chi connectivity index (χ3n) is 3.37. The Morgan fingerprint density at radius 2 is 1.87 bits per heavy atom. The number of ether oxygens (including phenoxy) is 1. The molecule has 134 valence electrons. The number of amides is 1. The van der Waals surface area contributed by atoms with Crippen LogP contribution in [-0.2, 0) is 15.1 Å². The Labute approximate surface area is 159 Å². The van der Waals surface area contributed by atoms with E-state index in [9.17, 15) is 4.79 Å². The number of benzene rings is 1. The van der Waals surface area contributed by atoms with Crippen molar-refractivity contribution in [2.45, 2.75) is 12.5 Å². The number of nitrogens with zero attached hydrogens (tertiary/aromatic N) is 1. The van der Waals surface area contributed by atoms with E-state index in [1.807, 2.05) is 31.3 Å². The number of carbonyl (C=O) groups excluding carboxylic acids is 1. The molecule has 5 nitrogen and oxygen atoms in total. The summed E-state index contributed by atoms with van der Waals surface area (Å²) in [7, 11) is 3.66. The highest BCUT2D eigenvalue weighted by Crippen LogP contribution is 2.20. The molecule has 0 aliphatic rings. The molecule has 0 radical (unpaired) electrons. The Balaban J connectivity index is 0. The molecular formula is C15H26BrCl2N3O2. The maximum absolute atomic E-state index is 12.3. The van der Waals surface area contributed by atoms with Gasteiger partial charge in [-0.2, -0.15) is 0 Å². The van der Waals surface area contributed by atoms with E-state index in [0.29, 0.717) is 13.2 Å². The lowest BCUT2D eigenvalue weighted by atomic mass is 9.92. The Bertz CT molecular complexity index is 459. The number of methoxy groups -OCH3 is 1. The highest BCUT2D eigenvalue weighted by atomic mass is 79.9. The minimum Gasteiger partial charge on any atom is -0.383 e. The van der Waals surface area contributed by atoms with Crippen molar-refractivity contribution >= 4 is 46.7 Å². The zero-order valence-electron chi connectivity index (χ0n) is 13.7. The minimum atomic E-state index is -1.04. The van der Waals surface area contributed by atoms with Crippen LogP contribution in [-0.4, -0.2) is 51.2 Å². The van der Waals surface area contributed by atoms with Crippen molar-refractivity contribution in [3.8, 4) is 0 Å². The third-order valence-corrected chi connectivity index (χ3v) is 3.90. The normalized spacial score (nSPS) is 12.8. The van der Waals surface area contributed by atoms with Gasteiger partial charge in [-0.3, -0.25) is 4.79 Å². The number of rotatable bonds is 8. The quantitative estimate of drug-likeness (QED) is 0.663. The molecule has 0 saturated carbocycles. The predicted molar refractivity (Wildman–Crippen MR) is 103 cm³/mol. The SMILES string of the molecule is COCCN(C)CCNC(=O)C(C)(N)c1ccc(Br)cc1.Cl.Cl. The summed E-state index contributed by atoms with van der Waals surface area (Å²) in [6.07, 6.45) is 0. The lowest BCUT2D eigenvalue weighted by Crippen LogP contribution is -2.50. The average Bonchev–Trinajstić information content (AvgIpc) is 2.45. The van der Waals surface area contributed by atoms with Crippen LogP contribution in [0.5, 0.6) is 0 Å². The molecule has 0 saturated heterocycles. The van der Waals surface area contributed by atoms with Crippen molar-refractivity contribution in [2.75, 3.05) is 40.4 Å². The van der Waals surface area contributed by atoms with Crippen LogP contribution in [0.1, 0.15) is 12.5 Å². The van der Waals surface area contributed by atoms with Crippen molar-refractivity contribution in [3.63, 3.8) is 0 Å². The van der Waals surface area contributed by atoms with E-state index in [-0.39, 0.29) is 30.7 Å². The van der Waals surface area contributed by atoms with Crippen molar-refractivity contribution in [2.24, 2.45) is 5.73 Å². The van der Waals surface area contributed by atoms with Gasteiger partial charge >= 0.3 is 0 Å². The van der Waals surface area contributed by atoms with Gasteiger partial charge in [0, 0.05) is 31.2 Å². The first-order chi connectivity index (χ1) is 9.87. The highest BCUT2D eigenvalue weighted by molar-refractivity contribution is 9.10. The standard InChI is InChI=1S/C15H24BrN3O2.2ClH/c1-15(17,12-4-6-13(16)7-5-12)14(20)18-8-9-19(2)10-11-21-3;;/h4-7H,8-11,17H2,1-3H3,(H,18,20);2*1H. The van der Waals surface area contributed by atoms with Crippen LogP contribution in [0.25, 0.3) is 0 Å². The van der Waals surface area contributed by atoms with E-state index in [0.717, 1.165) is 23.1 Å². The van der Waals surface area contributed by atoms with Crippen molar-refractivity contribution in [3.05, 3.63) is 34.3 Å². The molecule has 0 aliphatic carbocycles. The molecule has 0 aromatic heterocycles. The number of nitrogens with one attached hydrogen (secondary N) is 1. The molecule has 3 N–H and O–H groups in total. The number of hydrogen-bond donors (Lipinski definition) is 2. The minimum absolute atomic E-state index is 0. The Morgan fingerprint density at radius 3 is 2.39 bits per heavy atom. The van der Waals surface area contributed by atoms with Crippen LogP contribution in [0.15, 0.2) is 28.7 Å². The predicted octanol–water partition coefficient (Wildman–Crippen LogP) is 2.16. The maximum Gasteiger partial charge on any atom is 0.244 e. The van der Waals surface area contributed by atoms with Crippen LogP contribution in [0.2, 0.25) is 0 Å². The first kappa shape index (κ1) is 24.9. The summed E-state index contributed by atoms with van der Waals surface area (Å²) >= 11 is 3.37. The molecule has 1 aromatic rings. The molecule has 23 heavy (non-hydrogen) atoms. The lowest BCUT2D eigenvalue weighted by Gasteiger charge is -2.25. The second kappa shape index (κ2) is 12.1. The second-order valence-electron chi connectivity index (χ2n) is 5.26. The Hall–Kier alpha value is -0.370. The summed E-state index contributed by atoms with van der Waals surface area (Å²) in [4.78, 5) is 14.3. The van der Waals surface area contributed by atoms with Gasteiger partial charge < -0.3 is 20.7 Å². The topological polar surface area (TPSA) is 67.6 Å². The largest absolute Gasteiger partial charge is 0.383 e. The van der Waals surface area contributed by atoms with Crippen LogP contribution in [0.3, 0.4) is 0 Å². The van der Waals surface area contributed by atoms with Gasteiger partial charge in [0.1, 0.15) is 5.54 Å². The Kier molecular flexibility index (Phi) is 13.0. The summed E-state index contributed by atoms with van der Waals surface area (Å²) in [6, 6.07) is 7.47. The first-order valence-electron chi connectivity index (χ1n) is 6.88. The lowest BCUT2D eigenvalue weighted by molar-refractivity contribution is -0.126. The van der Waals surface area contributed by atoms with Gasteiger partial charge in [-0.25, -0.2) is 0 Å². The molecule has 1 amide bonds. The molecule has 0 bridgehead atoms. The van der Waals surface area contributed by atoms with E-state index < -0.39 is 5.54 Å². The van der Waals surface area contributed by atoms with Crippen LogP contribution in [0, 0.1) is 0 Å². The zero-order valence-corrected chi connectivity index (χ0v) is 16.9. The maximum atomic E-state index is 12.3. The first-order valence-corrected chi connectivity index (χ1v) is 7.68. The van der Waals surface area contributed by atoms with E-state index >= 15 is 0 Å². The van der Waals surface area contributed by atoms with Crippen LogP contribution >= 0.6 is 40.7 Å². The van der Waals surface area contributed by atoms with E-state index in [4.69, 9.17) is 10.5 Å². The summed E-state index contributed by atoms with van der Waals surface area (Å²) < 4.78 is 5.97. The molecular weight excluding hydrogens is 405 g/mol. The number of nitrogens with two attached hydrogens (primary N) is 1. The number of halogens is 3. The number of likely N-dealkylation sites (N-methyl/N-ethyl adjacent to an activating group) is 1. The van der Waals surface area contributed by atoms with Gasteiger partial charge in [-0.05, 0) is 31.7 Å². The van der Waals surface area contributed by atoms with E-state index in [2.05, 4.69) is 26.1 Å². The molecule has 0 fully saturated rings. The van der Waals surface area contributed by atoms with Crippen molar-refractivity contribution in [1.29, 1.82) is 0 Å². The molecule has 1 unspecified atom stereocenters. The smallest absolute Gasteiger partial charge is 0.244 e. The molecule has 8 heteroatoms. The van der Waals surface area contributed by atoms with Crippen LogP contribution < -0.4 is 11.1 Å². The van der Waals surface area contributed by atoms with Crippen molar-refractivity contribution < 1.29 is 9.53 Å². The molecule has 1 atom stereocenters. The zero-order chi connectivity index (χ0) is 15.9. The highest BCUT2D eigenvalue weighted by Gasteiger charge is 2.30. The van der Waals surface area contributed by atoms with Gasteiger partial charge in [-0.15, -0.1) is 24.8 Å². The monoisotopic (exact) mass is 429 g/mol. The Morgan fingerprint density at radius 1 is 1.30 bits per heavy atom. The number of hydrogen-bond acceptors (Lipinski definition) is 4. The van der Waals surface area contributed by atoms with E-state index in [1.165, 1.54) is 0 Å². The van der Waals surface area contributed by atoms with E-state index in [1.54, 1.807) is 14.0 Å². The summed E-state index contributed by atoms with van der Waals surface area (Å²) in [5.74, 6) is -0.176. The van der Waals surface area contributed by atoms with Gasteiger partial charge in [0.2, 0.25) is 5.91 Å². The fraction of sp³-hybridized carbons (Fsp3) is 0.533. The molecule has 0 aliphatic heterocycles. The van der Waals surface area contributed by atoms with Gasteiger partial charge in [0.15, 0.2) is 0 Å². The third kappa shape index (κ3) is 8.33.